The number of pyridine rings is 2. The van der Waals surface area contributed by atoms with Crippen LogP contribution < -0.4 is 10.6 Å². The van der Waals surface area contributed by atoms with E-state index in [9.17, 15) is 9.18 Å². The summed E-state index contributed by atoms with van der Waals surface area (Å²) in [5.74, 6) is -0.426. The number of hydrogen-bond donors (Lipinski definition) is 2. The Morgan fingerprint density at radius 1 is 1.46 bits per heavy atom. The zero-order chi connectivity index (χ0) is 18.7. The van der Waals surface area contributed by atoms with E-state index in [2.05, 4.69) is 36.5 Å². The number of aromatic nitrogens is 2. The van der Waals surface area contributed by atoms with Crippen LogP contribution in [-0.2, 0) is 10.3 Å². The number of morpholine rings is 1. The molecule has 2 aromatic rings. The molecule has 3 rings (SSSR count). The van der Waals surface area contributed by atoms with E-state index in [1.807, 2.05) is 0 Å². The first-order chi connectivity index (χ1) is 12.4. The number of carbonyl (C=O) groups excluding carboxylic acids is 1. The topological polar surface area (TPSA) is 76.1 Å². The van der Waals surface area contributed by atoms with Gasteiger partial charge in [-0.15, -0.1) is 0 Å². The molecule has 26 heavy (non-hydrogen) atoms. The van der Waals surface area contributed by atoms with E-state index >= 15 is 0 Å². The molecule has 10 heteroatoms. The molecule has 1 atom stereocenters. The van der Waals surface area contributed by atoms with Crippen LogP contribution in [0.1, 0.15) is 16.1 Å². The Morgan fingerprint density at radius 3 is 2.92 bits per heavy atom. The number of carbonyl (C=O) groups is 1. The fraction of sp³-hybridized carbons (Fsp3) is 0.250. The van der Waals surface area contributed by atoms with E-state index in [1.54, 1.807) is 18.2 Å². The molecule has 0 aromatic carbocycles. The third kappa shape index (κ3) is 4.01. The molecule has 1 aliphatic heterocycles. The first-order valence-corrected chi connectivity index (χ1v) is 9.05. The molecule has 0 saturated carbocycles. The summed E-state index contributed by atoms with van der Waals surface area (Å²) < 4.78 is 20.0. The minimum atomic E-state index is -1.24. The van der Waals surface area contributed by atoms with E-state index in [4.69, 9.17) is 28.6 Å². The van der Waals surface area contributed by atoms with Gasteiger partial charge in [0, 0.05) is 16.2 Å². The molecule has 0 bridgehead atoms. The number of rotatable bonds is 4. The third-order valence-electron chi connectivity index (χ3n) is 3.76. The summed E-state index contributed by atoms with van der Waals surface area (Å²) in [5.41, 5.74) is -0.309. The highest BCUT2D eigenvalue weighted by molar-refractivity contribution is 9.10. The summed E-state index contributed by atoms with van der Waals surface area (Å²) in [6.45, 7) is -0.551. The van der Waals surface area contributed by atoms with Crippen molar-refractivity contribution < 1.29 is 13.9 Å². The van der Waals surface area contributed by atoms with Crippen LogP contribution in [0.3, 0.4) is 0 Å². The highest BCUT2D eigenvalue weighted by Crippen LogP contribution is 2.32. The maximum atomic E-state index is 13.9. The fourth-order valence-corrected chi connectivity index (χ4v) is 3.30. The normalized spacial score (nSPS) is 19.7. The van der Waals surface area contributed by atoms with E-state index in [0.29, 0.717) is 16.2 Å². The monoisotopic (exact) mass is 458 g/mol. The van der Waals surface area contributed by atoms with Crippen molar-refractivity contribution in [2.45, 2.75) is 5.54 Å². The summed E-state index contributed by atoms with van der Waals surface area (Å²) in [4.78, 5) is 20.8. The number of amides is 1. The lowest BCUT2D eigenvalue weighted by molar-refractivity contribution is 0.0631. The van der Waals surface area contributed by atoms with Gasteiger partial charge in [0.05, 0.1) is 25.1 Å². The zero-order valence-corrected chi connectivity index (χ0v) is 16.4. The Hall–Kier alpha value is -1.68. The third-order valence-corrected chi connectivity index (χ3v) is 4.75. The van der Waals surface area contributed by atoms with Gasteiger partial charge in [0.25, 0.3) is 5.91 Å². The van der Waals surface area contributed by atoms with Crippen LogP contribution in [-0.4, -0.2) is 40.8 Å². The van der Waals surface area contributed by atoms with Crippen LogP contribution in [0.2, 0.25) is 5.15 Å². The number of halogens is 3. The van der Waals surface area contributed by atoms with Gasteiger partial charge in [0.15, 0.2) is 0 Å². The minimum Gasteiger partial charge on any atom is -0.371 e. The van der Waals surface area contributed by atoms with Gasteiger partial charge in [0.1, 0.15) is 28.0 Å². The predicted octanol–water partition coefficient (Wildman–Crippen LogP) is 3.26. The van der Waals surface area contributed by atoms with Crippen LogP contribution in [0.5, 0.6) is 0 Å². The van der Waals surface area contributed by atoms with E-state index in [-0.39, 0.29) is 24.1 Å². The van der Waals surface area contributed by atoms with Gasteiger partial charge in [-0.25, -0.2) is 14.4 Å². The standard InChI is InChI=1S/C16H13BrClFN4O2S/c17-9-1-2-12(20-4-9)15(24)22-10-3-11(14(18)21-5-10)16(7-19)8-25-6-13(26)23-16/h1-5H,6-8H2,(H,22,24)(H,23,26). The molecule has 6 nitrogen and oxygen atoms in total. The van der Waals surface area contributed by atoms with Gasteiger partial charge < -0.3 is 15.4 Å². The molecule has 0 aliphatic carbocycles. The molecular weight excluding hydrogens is 447 g/mol. The Balaban J connectivity index is 1.88. The summed E-state index contributed by atoms with van der Waals surface area (Å²) in [5, 5.41) is 5.71. The van der Waals surface area contributed by atoms with Gasteiger partial charge in [-0.1, -0.05) is 23.8 Å². The van der Waals surface area contributed by atoms with Crippen molar-refractivity contribution in [2.75, 3.05) is 25.2 Å². The van der Waals surface area contributed by atoms with E-state index in [1.165, 1.54) is 12.4 Å². The predicted molar refractivity (Wildman–Crippen MR) is 103 cm³/mol. The zero-order valence-electron chi connectivity index (χ0n) is 13.3. The number of anilines is 1. The van der Waals surface area contributed by atoms with Crippen LogP contribution in [0.15, 0.2) is 35.1 Å². The van der Waals surface area contributed by atoms with E-state index < -0.39 is 18.1 Å². The van der Waals surface area contributed by atoms with Crippen LogP contribution in [0, 0.1) is 0 Å². The first kappa shape index (κ1) is 19.1. The number of nitrogens with one attached hydrogen (secondary N) is 2. The summed E-state index contributed by atoms with van der Waals surface area (Å²) in [7, 11) is 0. The molecule has 2 aromatic heterocycles. The summed E-state index contributed by atoms with van der Waals surface area (Å²) in [6.07, 6.45) is 2.90. The average molecular weight is 460 g/mol. The molecule has 0 radical (unpaired) electrons. The Labute approximate surface area is 167 Å². The van der Waals surface area contributed by atoms with Crippen molar-refractivity contribution in [2.24, 2.45) is 0 Å². The van der Waals surface area contributed by atoms with Crippen molar-refractivity contribution in [1.29, 1.82) is 0 Å². The maximum absolute atomic E-state index is 13.9. The second kappa shape index (κ2) is 7.91. The van der Waals surface area contributed by atoms with Gasteiger partial charge in [-0.2, -0.15) is 0 Å². The number of hydrogen-bond acceptors (Lipinski definition) is 5. The van der Waals surface area contributed by atoms with Gasteiger partial charge in [-0.3, -0.25) is 4.79 Å². The molecule has 2 N–H and O–H groups in total. The maximum Gasteiger partial charge on any atom is 0.274 e. The fourth-order valence-electron chi connectivity index (χ4n) is 2.50. The largest absolute Gasteiger partial charge is 0.371 e. The second-order valence-electron chi connectivity index (χ2n) is 5.63. The lowest BCUT2D eigenvalue weighted by atomic mass is 9.92. The second-order valence-corrected chi connectivity index (χ2v) is 7.40. The Kier molecular flexibility index (Phi) is 5.81. The number of ether oxygens (including phenoxy) is 1. The first-order valence-electron chi connectivity index (χ1n) is 7.47. The van der Waals surface area contributed by atoms with Crippen molar-refractivity contribution in [3.63, 3.8) is 0 Å². The van der Waals surface area contributed by atoms with E-state index in [0.717, 1.165) is 4.47 Å². The van der Waals surface area contributed by atoms with Gasteiger partial charge >= 0.3 is 0 Å². The molecule has 1 aliphatic rings. The molecule has 3 heterocycles. The number of nitrogens with zero attached hydrogens (tertiary/aromatic N) is 2. The van der Waals surface area contributed by atoms with Crippen LogP contribution in [0.25, 0.3) is 0 Å². The average Bonchev–Trinajstić information content (AvgIpc) is 2.63. The number of thiocarbonyl (C=S) groups is 1. The van der Waals surface area contributed by atoms with Crippen molar-refractivity contribution in [3.8, 4) is 0 Å². The molecule has 0 spiro atoms. The molecule has 1 amide bonds. The van der Waals surface area contributed by atoms with Crippen molar-refractivity contribution >= 4 is 56.3 Å². The highest BCUT2D eigenvalue weighted by atomic mass is 79.9. The number of alkyl halides is 1. The molecule has 1 fully saturated rings. The van der Waals surface area contributed by atoms with Crippen LogP contribution in [0.4, 0.5) is 10.1 Å². The van der Waals surface area contributed by atoms with Gasteiger partial charge in [-0.05, 0) is 34.1 Å². The molecular formula is C16H13BrClFN4O2S. The molecule has 1 unspecified atom stereocenters. The molecule has 1 saturated heterocycles. The smallest absolute Gasteiger partial charge is 0.274 e. The highest BCUT2D eigenvalue weighted by Gasteiger charge is 2.39. The van der Waals surface area contributed by atoms with Crippen LogP contribution >= 0.6 is 39.7 Å². The SMILES string of the molecule is O=C(Nc1cnc(Cl)c(C2(CF)COCC(=S)N2)c1)c1ccc(Br)cn1. The van der Waals surface area contributed by atoms with Gasteiger partial charge in [0.2, 0.25) is 0 Å². The lowest BCUT2D eigenvalue weighted by Gasteiger charge is -2.37. The Bertz CT molecular complexity index is 855. The van der Waals surface area contributed by atoms with Crippen molar-refractivity contribution in [1.82, 2.24) is 15.3 Å². The quantitative estimate of drug-likeness (QED) is 0.540. The summed E-state index contributed by atoms with van der Waals surface area (Å²) >= 11 is 14.5. The van der Waals surface area contributed by atoms with Crippen molar-refractivity contribution in [3.05, 3.63) is 51.5 Å². The summed E-state index contributed by atoms with van der Waals surface area (Å²) in [6, 6.07) is 4.83. The minimum absolute atomic E-state index is 0.0384. The molecule has 136 valence electrons. The Morgan fingerprint density at radius 2 is 2.27 bits per heavy atom. The lowest BCUT2D eigenvalue weighted by Crippen LogP contribution is -2.55.